The summed E-state index contributed by atoms with van der Waals surface area (Å²) in [5, 5.41) is 3.67. The number of nitrogens with zero attached hydrogens (tertiary/aromatic N) is 3. The number of thiophene rings is 1. The molecule has 142 valence electrons. The van der Waals surface area contributed by atoms with Gasteiger partial charge >= 0.3 is 0 Å². The molecule has 0 N–H and O–H groups in total. The molecule has 0 spiro atoms. The van der Waals surface area contributed by atoms with Crippen molar-refractivity contribution in [2.45, 2.75) is 24.4 Å². The fourth-order valence-electron chi connectivity index (χ4n) is 2.77. The summed E-state index contributed by atoms with van der Waals surface area (Å²) < 4.78 is 7.41. The molecule has 3 aromatic heterocycles. The first-order chi connectivity index (χ1) is 13.6. The number of hydrogen-bond donors (Lipinski definition) is 0. The van der Waals surface area contributed by atoms with Crippen molar-refractivity contribution in [3.8, 4) is 10.8 Å². The van der Waals surface area contributed by atoms with Gasteiger partial charge in [-0.25, -0.2) is 9.97 Å². The first-order valence-electron chi connectivity index (χ1n) is 8.51. The number of allylic oxidation sites excluding steroid dienone is 1. The van der Waals surface area contributed by atoms with Crippen LogP contribution in [0.15, 0.2) is 62.7 Å². The Hall–Kier alpha value is -2.35. The van der Waals surface area contributed by atoms with Crippen molar-refractivity contribution in [3.63, 3.8) is 0 Å². The van der Waals surface area contributed by atoms with Gasteiger partial charge in [-0.05, 0) is 36.6 Å². The molecule has 0 saturated carbocycles. The van der Waals surface area contributed by atoms with Crippen LogP contribution in [0, 0.1) is 6.92 Å². The second-order valence-corrected chi connectivity index (χ2v) is 8.37. The number of fused-ring (bicyclic) bond motifs is 1. The van der Waals surface area contributed by atoms with E-state index in [0.717, 1.165) is 16.3 Å². The van der Waals surface area contributed by atoms with Gasteiger partial charge in [0.2, 0.25) is 5.89 Å². The molecule has 0 aliphatic heterocycles. The lowest BCUT2D eigenvalue weighted by Gasteiger charge is -2.11. The molecule has 3 heterocycles. The van der Waals surface area contributed by atoms with Crippen LogP contribution in [0.4, 0.5) is 0 Å². The lowest BCUT2D eigenvalue weighted by atomic mass is 10.2. The van der Waals surface area contributed by atoms with E-state index in [0.29, 0.717) is 39.3 Å². The second kappa shape index (κ2) is 7.95. The normalized spacial score (nSPS) is 11.2. The Kier molecular flexibility index (Phi) is 5.39. The van der Waals surface area contributed by atoms with Gasteiger partial charge in [0.1, 0.15) is 5.76 Å². The number of thioether (sulfide) groups is 1. The van der Waals surface area contributed by atoms with E-state index in [1.165, 1.54) is 11.8 Å². The van der Waals surface area contributed by atoms with Crippen LogP contribution >= 0.6 is 34.7 Å². The Morgan fingerprint density at radius 1 is 1.36 bits per heavy atom. The predicted molar refractivity (Wildman–Crippen MR) is 115 cm³/mol. The van der Waals surface area contributed by atoms with Gasteiger partial charge in [-0.1, -0.05) is 35.5 Å². The van der Waals surface area contributed by atoms with Gasteiger partial charge in [0.15, 0.2) is 5.16 Å². The average molecular weight is 430 g/mol. The van der Waals surface area contributed by atoms with Crippen LogP contribution in [-0.2, 0) is 12.3 Å². The molecule has 0 aliphatic carbocycles. The minimum atomic E-state index is -0.111. The molecule has 28 heavy (non-hydrogen) atoms. The molecule has 0 atom stereocenters. The summed E-state index contributed by atoms with van der Waals surface area (Å²) in [4.78, 5) is 23.1. The van der Waals surface area contributed by atoms with Gasteiger partial charge in [-0.2, -0.15) is 0 Å². The standard InChI is InChI=1S/C20H16ClN3O2S2/c1-3-8-24-19(25)14-7-6-13(21)10-15(14)23-20(24)28-11-16-12(2)26-18(22-16)17-5-4-9-27-17/h3-7,9-10H,1,8,11H2,2H3. The third kappa shape index (κ3) is 3.65. The summed E-state index contributed by atoms with van der Waals surface area (Å²) in [5.74, 6) is 1.92. The molecule has 0 bridgehead atoms. The van der Waals surface area contributed by atoms with Gasteiger partial charge in [0.05, 0.1) is 21.5 Å². The van der Waals surface area contributed by atoms with E-state index < -0.39 is 0 Å². The summed E-state index contributed by atoms with van der Waals surface area (Å²) in [5.41, 5.74) is 1.30. The Labute approximate surface area is 174 Å². The summed E-state index contributed by atoms with van der Waals surface area (Å²) in [6, 6.07) is 9.05. The first-order valence-corrected chi connectivity index (χ1v) is 10.7. The fourth-order valence-corrected chi connectivity index (χ4v) is 4.60. The summed E-state index contributed by atoms with van der Waals surface area (Å²) >= 11 is 9.10. The lowest BCUT2D eigenvalue weighted by Crippen LogP contribution is -2.22. The minimum absolute atomic E-state index is 0.111. The van der Waals surface area contributed by atoms with Crippen LogP contribution < -0.4 is 5.56 Å². The Morgan fingerprint density at radius 2 is 2.21 bits per heavy atom. The second-order valence-electron chi connectivity index (χ2n) is 6.05. The fraction of sp³-hybridized carbons (Fsp3) is 0.150. The van der Waals surface area contributed by atoms with E-state index >= 15 is 0 Å². The van der Waals surface area contributed by atoms with Gasteiger partial charge in [-0.3, -0.25) is 9.36 Å². The van der Waals surface area contributed by atoms with Gasteiger partial charge in [0, 0.05) is 17.3 Å². The molecule has 0 aliphatic rings. The Morgan fingerprint density at radius 3 is 2.96 bits per heavy atom. The molecule has 0 fully saturated rings. The quantitative estimate of drug-likeness (QED) is 0.228. The number of oxazole rings is 1. The van der Waals surface area contributed by atoms with Crippen molar-refractivity contribution in [2.24, 2.45) is 0 Å². The van der Waals surface area contributed by atoms with E-state index in [1.54, 1.807) is 40.2 Å². The molecule has 5 nitrogen and oxygen atoms in total. The first kappa shape index (κ1) is 19.0. The number of aromatic nitrogens is 3. The van der Waals surface area contributed by atoms with Crippen LogP contribution in [0.2, 0.25) is 5.02 Å². The zero-order chi connectivity index (χ0) is 19.7. The van der Waals surface area contributed by atoms with Crippen molar-refractivity contribution in [3.05, 3.63) is 75.2 Å². The van der Waals surface area contributed by atoms with E-state index in [4.69, 9.17) is 16.0 Å². The molecule has 0 radical (unpaired) electrons. The highest BCUT2D eigenvalue weighted by Crippen LogP contribution is 2.29. The molecular weight excluding hydrogens is 414 g/mol. The van der Waals surface area contributed by atoms with E-state index in [9.17, 15) is 4.79 Å². The number of benzene rings is 1. The Bertz CT molecular complexity index is 1210. The van der Waals surface area contributed by atoms with Crippen molar-refractivity contribution >= 4 is 45.6 Å². The number of halogens is 1. The third-order valence-electron chi connectivity index (χ3n) is 4.16. The maximum atomic E-state index is 12.9. The van der Waals surface area contributed by atoms with Gasteiger partial charge < -0.3 is 4.42 Å². The molecular formula is C20H16ClN3O2S2. The highest BCUT2D eigenvalue weighted by Gasteiger charge is 2.16. The zero-order valence-corrected chi connectivity index (χ0v) is 17.4. The third-order valence-corrected chi connectivity index (χ3v) is 6.24. The van der Waals surface area contributed by atoms with E-state index in [-0.39, 0.29) is 5.56 Å². The van der Waals surface area contributed by atoms with Crippen molar-refractivity contribution in [1.29, 1.82) is 0 Å². The van der Waals surface area contributed by atoms with Crippen LogP contribution in [-0.4, -0.2) is 14.5 Å². The summed E-state index contributed by atoms with van der Waals surface area (Å²) in [6.45, 7) is 6.03. The van der Waals surface area contributed by atoms with Crippen LogP contribution in [0.5, 0.6) is 0 Å². The molecule has 1 aromatic carbocycles. The SMILES string of the molecule is C=CCn1c(SCc2nc(-c3cccs3)oc2C)nc2cc(Cl)ccc2c1=O. The molecule has 0 saturated heterocycles. The maximum absolute atomic E-state index is 12.9. The zero-order valence-electron chi connectivity index (χ0n) is 15.0. The molecule has 0 unspecified atom stereocenters. The minimum Gasteiger partial charge on any atom is -0.440 e. The molecule has 4 aromatic rings. The van der Waals surface area contributed by atoms with Crippen molar-refractivity contribution in [2.75, 3.05) is 0 Å². The van der Waals surface area contributed by atoms with Crippen molar-refractivity contribution < 1.29 is 4.42 Å². The smallest absolute Gasteiger partial charge is 0.262 e. The lowest BCUT2D eigenvalue weighted by molar-refractivity contribution is 0.542. The van der Waals surface area contributed by atoms with E-state index in [2.05, 4.69) is 16.5 Å². The number of rotatable bonds is 6. The van der Waals surface area contributed by atoms with Crippen LogP contribution in [0.25, 0.3) is 21.7 Å². The monoisotopic (exact) mass is 429 g/mol. The van der Waals surface area contributed by atoms with Gasteiger partial charge in [-0.15, -0.1) is 17.9 Å². The predicted octanol–water partition coefficient (Wildman–Crippen LogP) is 5.55. The number of aryl methyl sites for hydroxylation is 1. The maximum Gasteiger partial charge on any atom is 0.262 e. The summed E-state index contributed by atoms with van der Waals surface area (Å²) in [7, 11) is 0. The summed E-state index contributed by atoms with van der Waals surface area (Å²) in [6.07, 6.45) is 1.69. The average Bonchev–Trinajstić information content (AvgIpc) is 3.32. The van der Waals surface area contributed by atoms with Crippen molar-refractivity contribution in [1.82, 2.24) is 14.5 Å². The molecule has 4 rings (SSSR count). The highest BCUT2D eigenvalue weighted by atomic mass is 35.5. The van der Waals surface area contributed by atoms with Crippen LogP contribution in [0.3, 0.4) is 0 Å². The van der Waals surface area contributed by atoms with E-state index in [1.807, 2.05) is 24.4 Å². The number of hydrogen-bond acceptors (Lipinski definition) is 6. The van der Waals surface area contributed by atoms with Gasteiger partial charge in [0.25, 0.3) is 5.56 Å². The molecule has 8 heteroatoms. The largest absolute Gasteiger partial charge is 0.440 e. The highest BCUT2D eigenvalue weighted by molar-refractivity contribution is 7.98. The topological polar surface area (TPSA) is 60.9 Å². The Balaban J connectivity index is 1.68. The molecule has 0 amide bonds. The van der Waals surface area contributed by atoms with Crippen LogP contribution in [0.1, 0.15) is 11.5 Å².